The van der Waals surface area contributed by atoms with Gasteiger partial charge in [-0.25, -0.2) is 14.4 Å². The molecule has 37 heavy (non-hydrogen) atoms. The quantitative estimate of drug-likeness (QED) is 0.389. The first-order valence-corrected chi connectivity index (χ1v) is 11.4. The Morgan fingerprint density at radius 2 is 1.65 bits per heavy atom. The van der Waals surface area contributed by atoms with Crippen molar-refractivity contribution >= 4 is 46.7 Å². The van der Waals surface area contributed by atoms with Crippen molar-refractivity contribution < 1.29 is 31.9 Å². The van der Waals surface area contributed by atoms with Gasteiger partial charge < -0.3 is 10.1 Å². The molecular weight excluding hydrogens is 539 g/mol. The minimum atomic E-state index is -4.83. The van der Waals surface area contributed by atoms with Crippen molar-refractivity contribution in [2.75, 3.05) is 5.32 Å². The largest absolute Gasteiger partial charge is 0.452 e. The standard InChI is InChI=1S/C24H16Cl2F4N4O3/c25-13-3-1-12(2-4-13)21(35)34-23-33-19(10-20(37-23)24(28,29)30)16-9-15(6-7-17(16)27)32-22(36)18-8-5-14(26)11-31-18/h1-9,11,19-20H,10H2,(H,32,36)(H,33,34,35)/t19-,20-/m0/s1. The lowest BCUT2D eigenvalue weighted by atomic mass is 9.98. The van der Waals surface area contributed by atoms with E-state index in [9.17, 15) is 27.2 Å². The van der Waals surface area contributed by atoms with E-state index in [0.717, 1.165) is 12.1 Å². The summed E-state index contributed by atoms with van der Waals surface area (Å²) in [6.07, 6.45) is -6.68. The number of ether oxygens (including phenoxy) is 1. The van der Waals surface area contributed by atoms with Crippen LogP contribution in [0.15, 0.2) is 65.8 Å². The van der Waals surface area contributed by atoms with Crippen molar-refractivity contribution in [3.05, 3.63) is 93.5 Å². The Hall–Kier alpha value is -3.70. The molecule has 0 aliphatic carbocycles. The highest BCUT2D eigenvalue weighted by atomic mass is 35.5. The second-order valence-electron chi connectivity index (χ2n) is 7.85. The maximum absolute atomic E-state index is 14.7. The summed E-state index contributed by atoms with van der Waals surface area (Å²) < 4.78 is 60.4. The molecule has 0 saturated carbocycles. The van der Waals surface area contributed by atoms with E-state index in [1.165, 1.54) is 48.7 Å². The first-order chi connectivity index (χ1) is 17.5. The van der Waals surface area contributed by atoms with Gasteiger partial charge in [0.2, 0.25) is 0 Å². The Labute approximate surface area is 217 Å². The number of halogens is 6. The van der Waals surface area contributed by atoms with Crippen LogP contribution in [0.3, 0.4) is 0 Å². The SMILES string of the molecule is O=C(NC1=N[C@H](c2cc(NC(=O)c3ccc(Cl)cn3)ccc2F)C[C@@H](C(F)(F)F)O1)c1ccc(Cl)cc1. The average molecular weight is 555 g/mol. The van der Waals surface area contributed by atoms with Gasteiger partial charge in [0.1, 0.15) is 11.5 Å². The predicted molar refractivity (Wildman–Crippen MR) is 128 cm³/mol. The van der Waals surface area contributed by atoms with Gasteiger partial charge in [-0.1, -0.05) is 23.2 Å². The van der Waals surface area contributed by atoms with Crippen molar-refractivity contribution in [2.45, 2.75) is 24.7 Å². The summed E-state index contributed by atoms with van der Waals surface area (Å²) in [7, 11) is 0. The number of anilines is 1. The number of carbonyl (C=O) groups is 2. The smallest absolute Gasteiger partial charge is 0.425 e. The molecule has 0 fully saturated rings. The van der Waals surface area contributed by atoms with Crippen molar-refractivity contribution in [1.82, 2.24) is 10.3 Å². The van der Waals surface area contributed by atoms with Crippen molar-refractivity contribution in [3.8, 4) is 0 Å². The normalized spacial score (nSPS) is 17.4. The molecule has 2 amide bonds. The highest BCUT2D eigenvalue weighted by Crippen LogP contribution is 2.37. The molecule has 2 aromatic carbocycles. The summed E-state index contributed by atoms with van der Waals surface area (Å²) in [4.78, 5) is 32.8. The van der Waals surface area contributed by atoms with E-state index in [2.05, 4.69) is 20.6 Å². The second-order valence-corrected chi connectivity index (χ2v) is 8.72. The second kappa shape index (κ2) is 10.7. The minimum Gasteiger partial charge on any atom is -0.452 e. The van der Waals surface area contributed by atoms with Crippen LogP contribution in [-0.2, 0) is 4.74 Å². The summed E-state index contributed by atoms with van der Waals surface area (Å²) in [5.41, 5.74) is -0.0374. The van der Waals surface area contributed by atoms with Gasteiger partial charge in [0, 0.05) is 34.5 Å². The number of pyridine rings is 1. The van der Waals surface area contributed by atoms with Crippen LogP contribution in [0.25, 0.3) is 0 Å². The van der Waals surface area contributed by atoms with Gasteiger partial charge in [0.05, 0.1) is 11.1 Å². The summed E-state index contributed by atoms with van der Waals surface area (Å²) in [6.45, 7) is 0. The molecule has 4 rings (SSSR count). The molecule has 0 bridgehead atoms. The van der Waals surface area contributed by atoms with Crippen molar-refractivity contribution in [2.24, 2.45) is 4.99 Å². The topological polar surface area (TPSA) is 92.7 Å². The number of aliphatic imine (C=N–C) groups is 1. The van der Waals surface area contributed by atoms with Gasteiger partial charge >= 0.3 is 6.18 Å². The summed E-state index contributed by atoms with van der Waals surface area (Å²) in [6, 6.07) is 9.68. The fourth-order valence-corrected chi connectivity index (χ4v) is 3.66. The van der Waals surface area contributed by atoms with Gasteiger partial charge in [-0.05, 0) is 54.6 Å². The fraction of sp³-hybridized carbons (Fsp3) is 0.167. The summed E-state index contributed by atoms with van der Waals surface area (Å²) >= 11 is 11.5. The highest BCUT2D eigenvalue weighted by molar-refractivity contribution is 6.30. The predicted octanol–water partition coefficient (Wildman–Crippen LogP) is 5.96. The number of hydrogen-bond acceptors (Lipinski definition) is 5. The Morgan fingerprint density at radius 1 is 0.946 bits per heavy atom. The zero-order chi connectivity index (χ0) is 26.7. The summed E-state index contributed by atoms with van der Waals surface area (Å²) in [5, 5.41) is 5.36. The van der Waals surface area contributed by atoms with Gasteiger partial charge in [0.25, 0.3) is 17.8 Å². The number of nitrogens with zero attached hydrogens (tertiary/aromatic N) is 2. The molecule has 7 nitrogen and oxygen atoms in total. The van der Waals surface area contributed by atoms with Gasteiger partial charge in [-0.3, -0.25) is 14.9 Å². The number of amidine groups is 1. The van der Waals surface area contributed by atoms with Crippen molar-refractivity contribution in [3.63, 3.8) is 0 Å². The molecule has 0 spiro atoms. The van der Waals surface area contributed by atoms with Crippen molar-refractivity contribution in [1.29, 1.82) is 0 Å². The van der Waals surface area contributed by atoms with E-state index >= 15 is 0 Å². The number of rotatable bonds is 4. The van der Waals surface area contributed by atoms with Crippen LogP contribution in [0, 0.1) is 5.82 Å². The molecule has 192 valence electrons. The number of benzene rings is 2. The number of amides is 2. The Kier molecular flexibility index (Phi) is 7.65. The van der Waals surface area contributed by atoms with Gasteiger partial charge in [-0.2, -0.15) is 13.2 Å². The molecule has 0 radical (unpaired) electrons. The monoisotopic (exact) mass is 554 g/mol. The number of alkyl halides is 3. The maximum atomic E-state index is 14.7. The molecule has 3 aromatic rings. The lowest BCUT2D eigenvalue weighted by Gasteiger charge is -2.30. The third kappa shape index (κ3) is 6.55. The number of hydrogen-bond donors (Lipinski definition) is 2. The van der Waals surface area contributed by atoms with Gasteiger partial charge in [-0.15, -0.1) is 0 Å². The maximum Gasteiger partial charge on any atom is 0.425 e. The number of carbonyl (C=O) groups excluding carboxylic acids is 2. The van der Waals surface area contributed by atoms with Crippen LogP contribution < -0.4 is 10.6 Å². The molecular formula is C24H16Cl2F4N4O3. The van der Waals surface area contributed by atoms with E-state index in [1.54, 1.807) is 0 Å². The molecule has 2 heterocycles. The molecule has 0 saturated heterocycles. The molecule has 13 heteroatoms. The van der Waals surface area contributed by atoms with Crippen LogP contribution in [-0.4, -0.2) is 35.1 Å². The first-order valence-electron chi connectivity index (χ1n) is 10.6. The highest BCUT2D eigenvalue weighted by Gasteiger charge is 2.46. The molecule has 1 aliphatic heterocycles. The van der Waals surface area contributed by atoms with E-state index < -0.39 is 48.4 Å². The average Bonchev–Trinajstić information content (AvgIpc) is 2.85. The fourth-order valence-electron chi connectivity index (χ4n) is 3.42. The van der Waals surface area contributed by atoms with Crippen LogP contribution in [0.4, 0.5) is 23.2 Å². The number of aromatic nitrogens is 1. The minimum absolute atomic E-state index is 0.0173. The molecule has 2 N–H and O–H groups in total. The van der Waals surface area contributed by atoms with E-state index in [-0.39, 0.29) is 22.5 Å². The molecule has 1 aromatic heterocycles. The van der Waals surface area contributed by atoms with E-state index in [0.29, 0.717) is 10.0 Å². The van der Waals surface area contributed by atoms with Gasteiger partial charge in [0.15, 0.2) is 6.10 Å². The Balaban J connectivity index is 1.60. The Morgan fingerprint density at radius 3 is 2.30 bits per heavy atom. The zero-order valence-corrected chi connectivity index (χ0v) is 20.0. The third-order valence-electron chi connectivity index (χ3n) is 5.23. The zero-order valence-electron chi connectivity index (χ0n) is 18.5. The summed E-state index contributed by atoms with van der Waals surface area (Å²) in [5.74, 6) is -2.30. The van der Waals surface area contributed by atoms with Crippen LogP contribution >= 0.6 is 23.2 Å². The lowest BCUT2D eigenvalue weighted by Crippen LogP contribution is -2.44. The van der Waals surface area contributed by atoms with Crippen LogP contribution in [0.2, 0.25) is 10.0 Å². The first kappa shape index (κ1) is 26.4. The van der Waals surface area contributed by atoms with Crippen LogP contribution in [0.5, 0.6) is 0 Å². The van der Waals surface area contributed by atoms with Crippen LogP contribution in [0.1, 0.15) is 38.9 Å². The Bertz CT molecular complexity index is 1350. The lowest BCUT2D eigenvalue weighted by molar-refractivity contribution is -0.205. The molecule has 1 aliphatic rings. The molecule has 2 atom stereocenters. The van der Waals surface area contributed by atoms with E-state index in [1.807, 2.05) is 0 Å². The third-order valence-corrected chi connectivity index (χ3v) is 5.70. The van der Waals surface area contributed by atoms with E-state index in [4.69, 9.17) is 27.9 Å². The number of nitrogens with one attached hydrogen (secondary N) is 2. The molecule has 0 unspecified atom stereocenters.